The minimum absolute atomic E-state index is 0.0632. The number of nitrogens with zero attached hydrogens (tertiary/aromatic N) is 2. The summed E-state index contributed by atoms with van der Waals surface area (Å²) in [5.74, 6) is -0.268. The molecule has 0 fully saturated rings. The van der Waals surface area contributed by atoms with E-state index in [1.807, 2.05) is 19.9 Å². The van der Waals surface area contributed by atoms with Crippen LogP contribution in [-0.4, -0.2) is 30.7 Å². The number of halogens is 3. The zero-order valence-corrected chi connectivity index (χ0v) is 20.5. The number of hydrazone groups is 1. The maximum atomic E-state index is 12.7. The Kier molecular flexibility index (Phi) is 9.97. The molecule has 0 radical (unpaired) electrons. The highest BCUT2D eigenvalue weighted by atomic mass is 79.9. The highest BCUT2D eigenvalue weighted by molar-refractivity contribution is 9.10. The van der Waals surface area contributed by atoms with Gasteiger partial charge in [-0.1, -0.05) is 37.0 Å². The summed E-state index contributed by atoms with van der Waals surface area (Å²) in [5.41, 5.74) is 3.38. The zero-order chi connectivity index (χ0) is 23.7. The number of nitriles is 1. The van der Waals surface area contributed by atoms with E-state index in [9.17, 15) is 9.59 Å². The maximum Gasteiger partial charge on any atom is 0.262 e. The van der Waals surface area contributed by atoms with Crippen molar-refractivity contribution in [2.45, 2.75) is 26.3 Å². The van der Waals surface area contributed by atoms with Crippen LogP contribution in [0.4, 0.5) is 0 Å². The molecule has 32 heavy (non-hydrogen) atoms. The van der Waals surface area contributed by atoms with Gasteiger partial charge in [0.25, 0.3) is 11.8 Å². The number of amides is 2. The van der Waals surface area contributed by atoms with Crippen molar-refractivity contribution in [1.29, 1.82) is 5.26 Å². The van der Waals surface area contributed by atoms with E-state index in [1.54, 1.807) is 24.3 Å². The Hall–Kier alpha value is -2.60. The third kappa shape index (κ3) is 7.83. The average molecular weight is 540 g/mol. The summed E-state index contributed by atoms with van der Waals surface area (Å²) in [6.45, 7) is 3.82. The molecular formula is C22H21BrCl2N4O3. The number of hydrogen-bond donors (Lipinski definition) is 2. The number of benzene rings is 2. The minimum Gasteiger partial charge on any atom is -0.478 e. The van der Waals surface area contributed by atoms with Gasteiger partial charge in [0.2, 0.25) is 0 Å². The standard InChI is InChI=1S/C22H21BrCl2N4O3/c1-13(2)9-19(28-21(30)16-5-4-15(24)11-18(16)25)22(31)29-27-12-14-3-6-20(17(23)10-14)32-8-7-26/h3-6,10-13,19H,8-9H2,1-2H3,(H,28,30)(H,29,31)/b27-12-/t19-/m1/s1. The lowest BCUT2D eigenvalue weighted by Crippen LogP contribution is -2.46. The molecule has 1 atom stereocenters. The minimum atomic E-state index is -0.806. The van der Waals surface area contributed by atoms with Gasteiger partial charge >= 0.3 is 0 Å². The molecule has 0 aromatic heterocycles. The Morgan fingerprint density at radius 1 is 1.25 bits per heavy atom. The molecule has 0 aliphatic carbocycles. The van der Waals surface area contributed by atoms with Crippen molar-refractivity contribution in [2.24, 2.45) is 11.0 Å². The first-order chi connectivity index (χ1) is 15.2. The number of carbonyl (C=O) groups is 2. The molecule has 0 bridgehead atoms. The van der Waals surface area contributed by atoms with E-state index in [1.165, 1.54) is 18.3 Å². The fraction of sp³-hybridized carbons (Fsp3) is 0.273. The molecule has 0 aliphatic heterocycles. The molecule has 0 saturated heterocycles. The van der Waals surface area contributed by atoms with Crippen molar-refractivity contribution in [1.82, 2.24) is 10.7 Å². The monoisotopic (exact) mass is 538 g/mol. The largest absolute Gasteiger partial charge is 0.478 e. The second-order valence-electron chi connectivity index (χ2n) is 7.15. The Balaban J connectivity index is 2.05. The van der Waals surface area contributed by atoms with Crippen LogP contribution in [0.2, 0.25) is 10.0 Å². The summed E-state index contributed by atoms with van der Waals surface area (Å²) in [4.78, 5) is 25.3. The Bertz CT molecular complexity index is 1050. The van der Waals surface area contributed by atoms with Gasteiger partial charge < -0.3 is 10.1 Å². The van der Waals surface area contributed by atoms with E-state index in [-0.39, 0.29) is 23.1 Å². The summed E-state index contributed by atoms with van der Waals surface area (Å²) in [5, 5.41) is 15.9. The van der Waals surface area contributed by atoms with E-state index in [4.69, 9.17) is 33.2 Å². The van der Waals surface area contributed by atoms with Crippen LogP contribution in [0.5, 0.6) is 5.75 Å². The van der Waals surface area contributed by atoms with Gasteiger partial charge in [-0.15, -0.1) is 0 Å². The molecule has 0 aliphatic rings. The first kappa shape index (κ1) is 25.7. The molecule has 0 spiro atoms. The van der Waals surface area contributed by atoms with Crippen molar-refractivity contribution in [3.63, 3.8) is 0 Å². The van der Waals surface area contributed by atoms with Crippen molar-refractivity contribution >= 4 is 57.2 Å². The summed E-state index contributed by atoms with van der Waals surface area (Å²) in [6.07, 6.45) is 1.87. The number of rotatable bonds is 9. The van der Waals surface area contributed by atoms with E-state index >= 15 is 0 Å². The average Bonchev–Trinajstić information content (AvgIpc) is 2.72. The van der Waals surface area contributed by atoms with E-state index in [2.05, 4.69) is 31.8 Å². The lowest BCUT2D eigenvalue weighted by atomic mass is 10.0. The van der Waals surface area contributed by atoms with Gasteiger partial charge in [0, 0.05) is 5.02 Å². The van der Waals surface area contributed by atoms with Gasteiger partial charge in [0.15, 0.2) is 6.61 Å². The van der Waals surface area contributed by atoms with E-state index < -0.39 is 17.9 Å². The van der Waals surface area contributed by atoms with Crippen LogP contribution in [0, 0.1) is 17.2 Å². The van der Waals surface area contributed by atoms with Gasteiger partial charge in [0.05, 0.1) is 21.3 Å². The maximum absolute atomic E-state index is 12.7. The van der Waals surface area contributed by atoms with E-state index in [0.29, 0.717) is 27.2 Å². The Morgan fingerprint density at radius 2 is 2.00 bits per heavy atom. The summed E-state index contributed by atoms with van der Waals surface area (Å²) in [6, 6.07) is 10.8. The molecule has 2 aromatic rings. The molecule has 0 unspecified atom stereocenters. The summed E-state index contributed by atoms with van der Waals surface area (Å²) in [7, 11) is 0. The predicted molar refractivity (Wildman–Crippen MR) is 128 cm³/mol. The normalized spacial score (nSPS) is 11.8. The lowest BCUT2D eigenvalue weighted by molar-refractivity contribution is -0.123. The van der Waals surface area contributed by atoms with Gasteiger partial charge in [-0.25, -0.2) is 5.43 Å². The molecular weight excluding hydrogens is 519 g/mol. The Morgan fingerprint density at radius 3 is 2.62 bits per heavy atom. The molecule has 2 amide bonds. The van der Waals surface area contributed by atoms with Crippen LogP contribution in [0.15, 0.2) is 46.0 Å². The molecule has 10 heteroatoms. The second-order valence-corrected chi connectivity index (χ2v) is 8.85. The van der Waals surface area contributed by atoms with Crippen molar-refractivity contribution < 1.29 is 14.3 Å². The molecule has 0 heterocycles. The number of nitrogens with one attached hydrogen (secondary N) is 2. The third-order valence-corrected chi connectivity index (χ3v) is 5.31. The van der Waals surface area contributed by atoms with Crippen LogP contribution in [0.25, 0.3) is 0 Å². The van der Waals surface area contributed by atoms with Gasteiger partial charge in [0.1, 0.15) is 17.9 Å². The number of carbonyl (C=O) groups excluding carboxylic acids is 2. The van der Waals surface area contributed by atoms with Gasteiger partial charge in [-0.2, -0.15) is 10.4 Å². The van der Waals surface area contributed by atoms with Crippen LogP contribution in [-0.2, 0) is 4.79 Å². The quantitative estimate of drug-likeness (QED) is 0.347. The molecule has 7 nitrogen and oxygen atoms in total. The summed E-state index contributed by atoms with van der Waals surface area (Å²) < 4.78 is 5.91. The number of hydrogen-bond acceptors (Lipinski definition) is 5. The van der Waals surface area contributed by atoms with Gasteiger partial charge in [-0.3, -0.25) is 9.59 Å². The molecule has 0 saturated carbocycles. The fourth-order valence-corrected chi connectivity index (χ4v) is 3.69. The smallest absolute Gasteiger partial charge is 0.262 e. The predicted octanol–water partition coefficient (Wildman–Crippen LogP) is 4.95. The topological polar surface area (TPSA) is 104 Å². The van der Waals surface area contributed by atoms with Crippen LogP contribution < -0.4 is 15.5 Å². The van der Waals surface area contributed by atoms with Crippen LogP contribution in [0.1, 0.15) is 36.2 Å². The SMILES string of the molecule is CC(C)C[C@@H](NC(=O)c1ccc(Cl)cc1Cl)C(=O)N/N=C\c1ccc(OCC#N)c(Br)c1. The summed E-state index contributed by atoms with van der Waals surface area (Å²) >= 11 is 15.3. The van der Waals surface area contributed by atoms with Gasteiger partial charge in [-0.05, 0) is 70.2 Å². The second kappa shape index (κ2) is 12.4. The molecule has 2 N–H and O–H groups in total. The molecule has 168 valence electrons. The third-order valence-electron chi connectivity index (χ3n) is 4.14. The van der Waals surface area contributed by atoms with Crippen molar-refractivity contribution in [3.8, 4) is 11.8 Å². The van der Waals surface area contributed by atoms with Crippen LogP contribution >= 0.6 is 39.1 Å². The van der Waals surface area contributed by atoms with Crippen molar-refractivity contribution in [3.05, 3.63) is 62.0 Å². The fourth-order valence-electron chi connectivity index (χ4n) is 2.69. The molecule has 2 aromatic carbocycles. The molecule has 2 rings (SSSR count). The zero-order valence-electron chi connectivity index (χ0n) is 17.4. The lowest BCUT2D eigenvalue weighted by Gasteiger charge is -2.19. The first-order valence-corrected chi connectivity index (χ1v) is 11.1. The number of ether oxygens (including phenoxy) is 1. The van der Waals surface area contributed by atoms with E-state index in [0.717, 1.165) is 0 Å². The highest BCUT2D eigenvalue weighted by Gasteiger charge is 2.23. The van der Waals surface area contributed by atoms with Crippen LogP contribution in [0.3, 0.4) is 0 Å². The Labute approximate surface area is 204 Å². The first-order valence-electron chi connectivity index (χ1n) is 9.59. The van der Waals surface area contributed by atoms with Crippen molar-refractivity contribution in [2.75, 3.05) is 6.61 Å². The highest BCUT2D eigenvalue weighted by Crippen LogP contribution is 2.25.